The molecule has 20 heavy (non-hydrogen) atoms. The largest absolute Gasteiger partial charge is 0.323 e. The van der Waals surface area contributed by atoms with Gasteiger partial charge in [-0.15, -0.1) is 0 Å². The van der Waals surface area contributed by atoms with Crippen molar-refractivity contribution in [2.24, 2.45) is 11.8 Å². The van der Waals surface area contributed by atoms with E-state index in [-0.39, 0.29) is 10.9 Å². The zero-order valence-electron chi connectivity index (χ0n) is 11.5. The molecule has 0 bridgehead atoms. The molecular weight excluding hydrogens is 274 g/mol. The number of benzene rings is 1. The van der Waals surface area contributed by atoms with Gasteiger partial charge in [-0.1, -0.05) is 25.0 Å². The van der Waals surface area contributed by atoms with E-state index in [1.165, 1.54) is 6.42 Å². The molecule has 1 aromatic rings. The van der Waals surface area contributed by atoms with Crippen LogP contribution < -0.4 is 11.3 Å². The molecule has 2 unspecified atom stereocenters. The van der Waals surface area contributed by atoms with Crippen molar-refractivity contribution in [3.63, 3.8) is 0 Å². The first-order valence-corrected chi connectivity index (χ1v) is 8.66. The quantitative estimate of drug-likeness (QED) is 0.660. The summed E-state index contributed by atoms with van der Waals surface area (Å²) in [7, 11) is -3.46. The zero-order valence-corrected chi connectivity index (χ0v) is 12.3. The lowest BCUT2D eigenvalue weighted by molar-refractivity contribution is 0.260. The van der Waals surface area contributed by atoms with Crippen LogP contribution in [0.25, 0.3) is 0 Å². The number of nitrogens with one attached hydrogen (secondary N) is 1. The van der Waals surface area contributed by atoms with Gasteiger partial charge in [-0.25, -0.2) is 8.42 Å². The summed E-state index contributed by atoms with van der Waals surface area (Å²) in [5, 5.41) is 0. The van der Waals surface area contributed by atoms with Crippen LogP contribution in [-0.2, 0) is 10.0 Å². The minimum absolute atomic E-state index is 0.180. The third-order valence-electron chi connectivity index (χ3n) is 4.59. The van der Waals surface area contributed by atoms with E-state index in [4.69, 9.17) is 5.84 Å². The van der Waals surface area contributed by atoms with Crippen LogP contribution in [0, 0.1) is 5.92 Å². The third kappa shape index (κ3) is 2.21. The van der Waals surface area contributed by atoms with Crippen molar-refractivity contribution < 1.29 is 8.42 Å². The molecule has 110 valence electrons. The fraction of sp³-hybridized carbons (Fsp3) is 0.571. The average Bonchev–Trinajstić information content (AvgIpc) is 2.92. The molecule has 0 amide bonds. The van der Waals surface area contributed by atoms with Gasteiger partial charge < -0.3 is 5.43 Å². The normalized spacial score (nSPS) is 27.2. The Balaban J connectivity index is 1.96. The second kappa shape index (κ2) is 5.35. The summed E-state index contributed by atoms with van der Waals surface area (Å²) in [5.41, 5.74) is 2.96. The van der Waals surface area contributed by atoms with Gasteiger partial charge in [0.1, 0.15) is 4.90 Å². The first-order chi connectivity index (χ1) is 9.64. The van der Waals surface area contributed by atoms with Crippen LogP contribution in [0.3, 0.4) is 0 Å². The second-order valence-electron chi connectivity index (χ2n) is 5.66. The smallest absolute Gasteiger partial charge is 0.245 e. The Kier molecular flexibility index (Phi) is 3.70. The van der Waals surface area contributed by atoms with Crippen molar-refractivity contribution in [1.29, 1.82) is 0 Å². The molecule has 0 spiro atoms. The Hall–Kier alpha value is -1.11. The van der Waals surface area contributed by atoms with Crippen molar-refractivity contribution in [2.75, 3.05) is 12.0 Å². The maximum absolute atomic E-state index is 12.9. The highest BCUT2D eigenvalue weighted by Gasteiger charge is 2.42. The molecule has 3 rings (SSSR count). The van der Waals surface area contributed by atoms with Gasteiger partial charge in [-0.3, -0.25) is 5.84 Å². The van der Waals surface area contributed by atoms with Crippen LogP contribution in [0.5, 0.6) is 0 Å². The number of hydrazine groups is 1. The van der Waals surface area contributed by atoms with E-state index in [9.17, 15) is 8.42 Å². The molecule has 1 heterocycles. The molecule has 2 aliphatic rings. The number of sulfonamides is 1. The van der Waals surface area contributed by atoms with Crippen LogP contribution in [0.2, 0.25) is 0 Å². The highest BCUT2D eigenvalue weighted by Crippen LogP contribution is 2.39. The number of fused-ring (bicyclic) bond motifs is 1. The highest BCUT2D eigenvalue weighted by atomic mass is 32.2. The Morgan fingerprint density at radius 2 is 1.90 bits per heavy atom. The summed E-state index contributed by atoms with van der Waals surface area (Å²) in [5.74, 6) is 5.98. The molecule has 3 N–H and O–H groups in total. The molecule has 1 aliphatic heterocycles. The lowest BCUT2D eigenvalue weighted by Crippen LogP contribution is -2.39. The SMILES string of the molecule is NNc1ccccc1S(=O)(=O)N1CCC2CCCCC21. The highest BCUT2D eigenvalue weighted by molar-refractivity contribution is 7.89. The minimum Gasteiger partial charge on any atom is -0.323 e. The maximum atomic E-state index is 12.9. The number of nitrogen functional groups attached to an aromatic ring is 1. The maximum Gasteiger partial charge on any atom is 0.245 e. The van der Waals surface area contributed by atoms with Gasteiger partial charge >= 0.3 is 0 Å². The van der Waals surface area contributed by atoms with E-state index in [1.807, 2.05) is 0 Å². The standard InChI is InChI=1S/C14H21N3O2S/c15-16-12-6-2-4-8-14(12)20(18,19)17-10-9-11-5-1-3-7-13(11)17/h2,4,6,8,11,13,16H,1,3,5,7,9-10,15H2. The predicted octanol–water partition coefficient (Wildman–Crippen LogP) is 1.93. The van der Waals surface area contributed by atoms with Crippen molar-refractivity contribution >= 4 is 15.7 Å². The van der Waals surface area contributed by atoms with Gasteiger partial charge in [0.05, 0.1) is 5.69 Å². The molecule has 1 saturated heterocycles. The minimum atomic E-state index is -3.46. The topological polar surface area (TPSA) is 75.4 Å². The van der Waals surface area contributed by atoms with Crippen molar-refractivity contribution in [1.82, 2.24) is 4.31 Å². The molecule has 2 atom stereocenters. The van der Waals surface area contributed by atoms with Crippen molar-refractivity contribution in [3.05, 3.63) is 24.3 Å². The predicted molar refractivity (Wildman–Crippen MR) is 78.5 cm³/mol. The molecule has 2 fully saturated rings. The summed E-state index contributed by atoms with van der Waals surface area (Å²) in [6.45, 7) is 0.635. The van der Waals surface area contributed by atoms with E-state index in [0.29, 0.717) is 18.2 Å². The average molecular weight is 295 g/mol. The molecule has 6 heteroatoms. The Morgan fingerprint density at radius 3 is 2.70 bits per heavy atom. The molecule has 0 radical (unpaired) electrons. The fourth-order valence-electron chi connectivity index (χ4n) is 3.60. The number of hydrogen-bond donors (Lipinski definition) is 2. The fourth-order valence-corrected chi connectivity index (χ4v) is 5.49. The molecular formula is C14H21N3O2S. The Labute approximate surface area is 120 Å². The van der Waals surface area contributed by atoms with Gasteiger partial charge in [0.2, 0.25) is 10.0 Å². The first-order valence-electron chi connectivity index (χ1n) is 7.22. The molecule has 1 aromatic carbocycles. The summed E-state index contributed by atoms with van der Waals surface area (Å²) in [6, 6.07) is 7.02. The van der Waals surface area contributed by atoms with E-state index in [2.05, 4.69) is 5.43 Å². The first kappa shape index (κ1) is 13.9. The van der Waals surface area contributed by atoms with Gasteiger partial charge in [0.15, 0.2) is 0 Å². The number of anilines is 1. The van der Waals surface area contributed by atoms with Crippen LogP contribution in [-0.4, -0.2) is 25.3 Å². The van der Waals surface area contributed by atoms with Gasteiger partial charge in [-0.05, 0) is 37.3 Å². The monoisotopic (exact) mass is 295 g/mol. The third-order valence-corrected chi connectivity index (χ3v) is 6.57. The van der Waals surface area contributed by atoms with Gasteiger partial charge in [0, 0.05) is 12.6 Å². The summed E-state index contributed by atoms with van der Waals surface area (Å²) < 4.78 is 27.5. The lowest BCUT2D eigenvalue weighted by Gasteiger charge is -2.31. The number of nitrogens with zero attached hydrogens (tertiary/aromatic N) is 1. The number of rotatable bonds is 3. The van der Waals surface area contributed by atoms with Crippen LogP contribution in [0.15, 0.2) is 29.2 Å². The van der Waals surface area contributed by atoms with Crippen molar-refractivity contribution in [2.45, 2.75) is 43.0 Å². The number of para-hydroxylation sites is 1. The van der Waals surface area contributed by atoms with Crippen LogP contribution in [0.4, 0.5) is 5.69 Å². The van der Waals surface area contributed by atoms with E-state index in [1.54, 1.807) is 28.6 Å². The summed E-state index contributed by atoms with van der Waals surface area (Å²) in [4.78, 5) is 0.286. The van der Waals surface area contributed by atoms with Crippen LogP contribution in [0.1, 0.15) is 32.1 Å². The van der Waals surface area contributed by atoms with E-state index >= 15 is 0 Å². The number of hydrogen-bond acceptors (Lipinski definition) is 4. The van der Waals surface area contributed by atoms with Crippen molar-refractivity contribution in [3.8, 4) is 0 Å². The Bertz CT molecular complexity index is 588. The molecule has 1 aliphatic carbocycles. The zero-order chi connectivity index (χ0) is 14.2. The number of nitrogens with two attached hydrogens (primary N) is 1. The van der Waals surface area contributed by atoms with Crippen LogP contribution >= 0.6 is 0 Å². The second-order valence-corrected chi connectivity index (χ2v) is 7.52. The molecule has 5 nitrogen and oxygen atoms in total. The lowest BCUT2D eigenvalue weighted by atomic mass is 9.86. The van der Waals surface area contributed by atoms with Gasteiger partial charge in [-0.2, -0.15) is 4.31 Å². The van der Waals surface area contributed by atoms with E-state index in [0.717, 1.165) is 25.7 Å². The summed E-state index contributed by atoms with van der Waals surface area (Å²) in [6.07, 6.45) is 5.50. The Morgan fingerprint density at radius 1 is 1.15 bits per heavy atom. The van der Waals surface area contributed by atoms with E-state index < -0.39 is 10.0 Å². The molecule has 0 aromatic heterocycles. The molecule has 1 saturated carbocycles. The van der Waals surface area contributed by atoms with Gasteiger partial charge in [0.25, 0.3) is 0 Å². The summed E-state index contributed by atoms with van der Waals surface area (Å²) >= 11 is 0.